The van der Waals surface area contributed by atoms with Crippen molar-refractivity contribution in [2.45, 2.75) is 25.2 Å². The standard InChI is InChI=1S/C10H18N2O3/c13-8-12-4-3-11-7-9(12)1-2-10-14-5-6-15-10/h8-11H,1-7H2. The number of nitrogens with one attached hydrogen (secondary N) is 1. The van der Waals surface area contributed by atoms with Gasteiger partial charge in [0.25, 0.3) is 0 Å². The van der Waals surface area contributed by atoms with Crippen LogP contribution in [0.25, 0.3) is 0 Å². The van der Waals surface area contributed by atoms with Gasteiger partial charge in [-0.05, 0) is 6.42 Å². The SMILES string of the molecule is O=CN1CCNCC1CCC1OCCO1. The average molecular weight is 214 g/mol. The predicted octanol–water partition coefficient (Wildman–Crippen LogP) is -0.430. The van der Waals surface area contributed by atoms with E-state index in [2.05, 4.69) is 5.32 Å². The Hall–Kier alpha value is -0.650. The summed E-state index contributed by atoms with van der Waals surface area (Å²) < 4.78 is 10.7. The fourth-order valence-corrected chi connectivity index (χ4v) is 2.09. The van der Waals surface area contributed by atoms with Crippen LogP contribution in [0.4, 0.5) is 0 Å². The molecule has 0 aromatic carbocycles. The number of hydrogen-bond donors (Lipinski definition) is 1. The minimum absolute atomic E-state index is 0.0552. The molecule has 2 rings (SSSR count). The lowest BCUT2D eigenvalue weighted by Crippen LogP contribution is -2.50. The smallest absolute Gasteiger partial charge is 0.210 e. The van der Waals surface area contributed by atoms with Gasteiger partial charge in [-0.15, -0.1) is 0 Å². The van der Waals surface area contributed by atoms with Crippen molar-refractivity contribution >= 4 is 6.41 Å². The summed E-state index contributed by atoms with van der Waals surface area (Å²) in [5.74, 6) is 0. The van der Waals surface area contributed by atoms with Gasteiger partial charge in [-0.3, -0.25) is 4.79 Å². The van der Waals surface area contributed by atoms with Gasteiger partial charge in [-0.25, -0.2) is 0 Å². The molecule has 0 bridgehead atoms. The Morgan fingerprint density at radius 3 is 2.87 bits per heavy atom. The first kappa shape index (κ1) is 10.9. The molecule has 0 saturated carbocycles. The third kappa shape index (κ3) is 2.90. The van der Waals surface area contributed by atoms with E-state index in [9.17, 15) is 4.79 Å². The second kappa shape index (κ2) is 5.44. The van der Waals surface area contributed by atoms with Crippen LogP contribution in [0.2, 0.25) is 0 Å². The number of piperazine rings is 1. The normalized spacial score (nSPS) is 28.3. The van der Waals surface area contributed by atoms with Gasteiger partial charge >= 0.3 is 0 Å². The summed E-state index contributed by atoms with van der Waals surface area (Å²) >= 11 is 0. The Bertz CT molecular complexity index is 207. The molecule has 5 heteroatoms. The van der Waals surface area contributed by atoms with Crippen molar-refractivity contribution in [3.05, 3.63) is 0 Å². The number of ether oxygens (including phenoxy) is 2. The predicted molar refractivity (Wildman–Crippen MR) is 54.4 cm³/mol. The third-order valence-electron chi connectivity index (χ3n) is 2.96. The highest BCUT2D eigenvalue weighted by molar-refractivity contribution is 5.48. The largest absolute Gasteiger partial charge is 0.350 e. The van der Waals surface area contributed by atoms with Gasteiger partial charge in [0.2, 0.25) is 6.41 Å². The Morgan fingerprint density at radius 2 is 2.13 bits per heavy atom. The zero-order valence-electron chi connectivity index (χ0n) is 8.85. The van der Waals surface area contributed by atoms with E-state index in [1.165, 1.54) is 0 Å². The average Bonchev–Trinajstić information content (AvgIpc) is 2.79. The zero-order chi connectivity index (χ0) is 10.5. The van der Waals surface area contributed by atoms with Crippen molar-refractivity contribution in [2.75, 3.05) is 32.8 Å². The van der Waals surface area contributed by atoms with Gasteiger partial charge in [0.1, 0.15) is 0 Å². The van der Waals surface area contributed by atoms with Crippen molar-refractivity contribution in [3.63, 3.8) is 0 Å². The number of amides is 1. The third-order valence-corrected chi connectivity index (χ3v) is 2.96. The van der Waals surface area contributed by atoms with Crippen LogP contribution < -0.4 is 5.32 Å². The van der Waals surface area contributed by atoms with E-state index in [0.29, 0.717) is 19.3 Å². The molecule has 2 saturated heterocycles. The van der Waals surface area contributed by atoms with Gasteiger partial charge in [-0.2, -0.15) is 0 Å². The Labute approximate surface area is 89.7 Å². The molecule has 2 aliphatic rings. The first-order valence-corrected chi connectivity index (χ1v) is 5.55. The van der Waals surface area contributed by atoms with E-state index in [1.54, 1.807) is 0 Å². The monoisotopic (exact) mass is 214 g/mol. The topological polar surface area (TPSA) is 50.8 Å². The maximum Gasteiger partial charge on any atom is 0.210 e. The van der Waals surface area contributed by atoms with Crippen LogP contribution in [0, 0.1) is 0 Å². The van der Waals surface area contributed by atoms with Crippen LogP contribution in [0.3, 0.4) is 0 Å². The summed E-state index contributed by atoms with van der Waals surface area (Å²) in [6.45, 7) is 3.98. The van der Waals surface area contributed by atoms with Crippen molar-refractivity contribution < 1.29 is 14.3 Å². The van der Waals surface area contributed by atoms with Crippen LogP contribution in [0.5, 0.6) is 0 Å². The first-order chi connectivity index (χ1) is 7.40. The second-order valence-electron chi connectivity index (χ2n) is 3.95. The minimum atomic E-state index is -0.0552. The molecule has 0 aromatic heterocycles. The van der Waals surface area contributed by atoms with Crippen LogP contribution in [0.1, 0.15) is 12.8 Å². The number of rotatable bonds is 4. The molecule has 1 N–H and O–H groups in total. The van der Waals surface area contributed by atoms with Crippen molar-refractivity contribution in [3.8, 4) is 0 Å². The lowest BCUT2D eigenvalue weighted by atomic mass is 10.1. The molecular formula is C10H18N2O3. The molecule has 1 amide bonds. The molecular weight excluding hydrogens is 196 g/mol. The maximum absolute atomic E-state index is 10.8. The van der Waals surface area contributed by atoms with E-state index in [4.69, 9.17) is 9.47 Å². The highest BCUT2D eigenvalue weighted by Crippen LogP contribution is 2.14. The summed E-state index contributed by atoms with van der Waals surface area (Å²) in [4.78, 5) is 12.7. The molecule has 1 atom stereocenters. The molecule has 1 unspecified atom stereocenters. The summed E-state index contributed by atoms with van der Waals surface area (Å²) in [6.07, 6.45) is 2.70. The molecule has 5 nitrogen and oxygen atoms in total. The maximum atomic E-state index is 10.8. The number of carbonyl (C=O) groups excluding carboxylic acids is 1. The van der Waals surface area contributed by atoms with Gasteiger partial charge in [0, 0.05) is 32.1 Å². The van der Waals surface area contributed by atoms with Crippen LogP contribution in [-0.4, -0.2) is 56.5 Å². The van der Waals surface area contributed by atoms with E-state index in [0.717, 1.165) is 38.9 Å². The van der Waals surface area contributed by atoms with E-state index in [-0.39, 0.29) is 6.29 Å². The minimum Gasteiger partial charge on any atom is -0.350 e. The van der Waals surface area contributed by atoms with Crippen molar-refractivity contribution in [1.82, 2.24) is 10.2 Å². The first-order valence-electron chi connectivity index (χ1n) is 5.55. The van der Waals surface area contributed by atoms with Crippen LogP contribution in [-0.2, 0) is 14.3 Å². The van der Waals surface area contributed by atoms with E-state index >= 15 is 0 Å². The molecule has 2 heterocycles. The molecule has 0 spiro atoms. The lowest BCUT2D eigenvalue weighted by Gasteiger charge is -2.33. The number of hydrogen-bond acceptors (Lipinski definition) is 4. The van der Waals surface area contributed by atoms with Gasteiger partial charge in [0.05, 0.1) is 13.2 Å². The summed E-state index contributed by atoms with van der Waals surface area (Å²) in [6, 6.07) is 0.295. The van der Waals surface area contributed by atoms with Crippen molar-refractivity contribution in [2.24, 2.45) is 0 Å². The summed E-state index contributed by atoms with van der Waals surface area (Å²) in [5, 5.41) is 3.29. The Morgan fingerprint density at radius 1 is 1.33 bits per heavy atom. The molecule has 0 aromatic rings. The molecule has 2 aliphatic heterocycles. The summed E-state index contributed by atoms with van der Waals surface area (Å²) in [7, 11) is 0. The molecule has 86 valence electrons. The Balaban J connectivity index is 1.73. The van der Waals surface area contributed by atoms with E-state index < -0.39 is 0 Å². The number of nitrogens with zero attached hydrogens (tertiary/aromatic N) is 1. The Kier molecular flexibility index (Phi) is 3.94. The van der Waals surface area contributed by atoms with Crippen LogP contribution >= 0.6 is 0 Å². The highest BCUT2D eigenvalue weighted by Gasteiger charge is 2.23. The molecule has 0 radical (unpaired) electrons. The van der Waals surface area contributed by atoms with E-state index in [1.807, 2.05) is 4.90 Å². The van der Waals surface area contributed by atoms with Crippen LogP contribution in [0.15, 0.2) is 0 Å². The van der Waals surface area contributed by atoms with Gasteiger partial charge < -0.3 is 19.7 Å². The lowest BCUT2D eigenvalue weighted by molar-refractivity contribution is -0.121. The zero-order valence-corrected chi connectivity index (χ0v) is 8.85. The van der Waals surface area contributed by atoms with Gasteiger partial charge in [-0.1, -0.05) is 0 Å². The second-order valence-corrected chi connectivity index (χ2v) is 3.95. The highest BCUT2D eigenvalue weighted by atomic mass is 16.7. The molecule has 2 fully saturated rings. The fourth-order valence-electron chi connectivity index (χ4n) is 2.09. The number of carbonyl (C=O) groups is 1. The molecule has 15 heavy (non-hydrogen) atoms. The van der Waals surface area contributed by atoms with Crippen molar-refractivity contribution in [1.29, 1.82) is 0 Å². The fraction of sp³-hybridized carbons (Fsp3) is 0.900. The molecule has 0 aliphatic carbocycles. The summed E-state index contributed by atoms with van der Waals surface area (Å²) in [5.41, 5.74) is 0. The quantitative estimate of drug-likeness (QED) is 0.645. The van der Waals surface area contributed by atoms with Gasteiger partial charge in [0.15, 0.2) is 6.29 Å².